The average molecular weight is 322 g/mol. The highest BCUT2D eigenvalue weighted by Gasteiger charge is 2.19. The molecule has 0 aliphatic rings. The van der Waals surface area contributed by atoms with E-state index in [4.69, 9.17) is 5.11 Å². The highest BCUT2D eigenvalue weighted by molar-refractivity contribution is 5.67. The van der Waals surface area contributed by atoms with Crippen molar-refractivity contribution in [3.05, 3.63) is 82.3 Å². The summed E-state index contributed by atoms with van der Waals surface area (Å²) in [6, 6.07) is 18.9. The van der Waals surface area contributed by atoms with Gasteiger partial charge in [0.1, 0.15) is 0 Å². The maximum absolute atomic E-state index is 12.9. The monoisotopic (exact) mass is 322 g/mol. The van der Waals surface area contributed by atoms with Gasteiger partial charge in [-0.15, -0.1) is 0 Å². The van der Waals surface area contributed by atoms with Crippen molar-refractivity contribution >= 4 is 5.97 Å². The molecule has 3 rings (SSSR count). The molecule has 0 saturated carbocycles. The molecule has 1 aromatic heterocycles. The van der Waals surface area contributed by atoms with E-state index in [0.29, 0.717) is 5.56 Å². The van der Waals surface area contributed by atoms with Crippen molar-refractivity contribution in [2.75, 3.05) is 0 Å². The minimum atomic E-state index is -0.910. The van der Waals surface area contributed by atoms with E-state index < -0.39 is 5.97 Å². The van der Waals surface area contributed by atoms with Gasteiger partial charge in [0.2, 0.25) is 0 Å². The van der Waals surface area contributed by atoms with E-state index in [0.717, 1.165) is 17.1 Å². The predicted octanol–water partition coefficient (Wildman–Crippen LogP) is 2.95. The molecule has 0 amide bonds. The first-order chi connectivity index (χ1) is 11.6. The molecule has 0 bridgehead atoms. The van der Waals surface area contributed by atoms with Crippen molar-refractivity contribution < 1.29 is 9.90 Å². The molecule has 122 valence electrons. The van der Waals surface area contributed by atoms with Crippen molar-refractivity contribution in [1.29, 1.82) is 0 Å². The predicted molar refractivity (Wildman–Crippen MR) is 92.1 cm³/mol. The number of aromatic nitrogens is 2. The second-order valence-electron chi connectivity index (χ2n) is 5.56. The third-order valence-corrected chi connectivity index (χ3v) is 4.00. The van der Waals surface area contributed by atoms with Crippen molar-refractivity contribution in [2.24, 2.45) is 0 Å². The number of nitrogens with zero attached hydrogens (tertiary/aromatic N) is 2. The Bertz CT molecular complexity index is 909. The Morgan fingerprint density at radius 3 is 1.92 bits per heavy atom. The molecule has 1 heterocycles. The fourth-order valence-corrected chi connectivity index (χ4v) is 2.85. The first kappa shape index (κ1) is 15.8. The summed E-state index contributed by atoms with van der Waals surface area (Å²) in [4.78, 5) is 23.9. The van der Waals surface area contributed by atoms with Gasteiger partial charge in [0.25, 0.3) is 5.56 Å². The van der Waals surface area contributed by atoms with E-state index in [-0.39, 0.29) is 18.4 Å². The number of aliphatic carboxylic acids is 1. The van der Waals surface area contributed by atoms with Crippen LogP contribution in [0, 0.1) is 6.92 Å². The Labute approximate surface area is 139 Å². The van der Waals surface area contributed by atoms with Gasteiger partial charge >= 0.3 is 5.97 Å². The van der Waals surface area contributed by atoms with Gasteiger partial charge in [0, 0.05) is 17.7 Å². The number of carbonyl (C=O) groups is 1. The van der Waals surface area contributed by atoms with Gasteiger partial charge < -0.3 is 5.11 Å². The van der Waals surface area contributed by atoms with E-state index in [1.54, 1.807) is 4.68 Å². The molecule has 0 aliphatic carbocycles. The molecule has 0 unspecified atom stereocenters. The quantitative estimate of drug-likeness (QED) is 0.785. The first-order valence-corrected chi connectivity index (χ1v) is 7.75. The number of para-hydroxylation sites is 2. The standard InChI is InChI=1S/C19H18N2O3/c1-14-17(12-13-18(22)23)19(24)21(16-10-6-3-7-11-16)20(14)15-8-4-2-5-9-15/h2-11H,12-13H2,1H3,(H,22,23). The Balaban J connectivity index is 2.24. The highest BCUT2D eigenvalue weighted by atomic mass is 16.4. The summed E-state index contributed by atoms with van der Waals surface area (Å²) in [7, 11) is 0. The van der Waals surface area contributed by atoms with Gasteiger partial charge in [-0.2, -0.15) is 0 Å². The van der Waals surface area contributed by atoms with E-state index in [1.807, 2.05) is 72.3 Å². The summed E-state index contributed by atoms with van der Waals surface area (Å²) in [5.74, 6) is -0.910. The van der Waals surface area contributed by atoms with Gasteiger partial charge in [0.15, 0.2) is 0 Å². The van der Waals surface area contributed by atoms with Crippen LogP contribution in [0.2, 0.25) is 0 Å². The number of benzene rings is 2. The van der Waals surface area contributed by atoms with Crippen molar-refractivity contribution in [3.63, 3.8) is 0 Å². The molecule has 0 radical (unpaired) electrons. The number of hydrogen-bond donors (Lipinski definition) is 1. The SMILES string of the molecule is Cc1c(CCC(=O)O)c(=O)n(-c2ccccc2)n1-c1ccccc1. The molecule has 5 heteroatoms. The second-order valence-corrected chi connectivity index (χ2v) is 5.56. The molecule has 0 saturated heterocycles. The maximum Gasteiger partial charge on any atom is 0.303 e. The number of rotatable bonds is 5. The first-order valence-electron chi connectivity index (χ1n) is 7.75. The number of hydrogen-bond acceptors (Lipinski definition) is 2. The molecule has 0 atom stereocenters. The normalized spacial score (nSPS) is 10.7. The Morgan fingerprint density at radius 1 is 0.917 bits per heavy atom. The van der Waals surface area contributed by atoms with Crippen molar-refractivity contribution in [2.45, 2.75) is 19.8 Å². The van der Waals surface area contributed by atoms with Crippen LogP contribution in [-0.2, 0) is 11.2 Å². The van der Waals surface area contributed by atoms with Crippen LogP contribution in [0.1, 0.15) is 17.7 Å². The summed E-state index contributed by atoms with van der Waals surface area (Å²) >= 11 is 0. The van der Waals surface area contributed by atoms with Crippen molar-refractivity contribution in [3.8, 4) is 11.4 Å². The smallest absolute Gasteiger partial charge is 0.303 e. The van der Waals surface area contributed by atoms with Gasteiger partial charge in [-0.1, -0.05) is 36.4 Å². The zero-order valence-corrected chi connectivity index (χ0v) is 13.3. The fourth-order valence-electron chi connectivity index (χ4n) is 2.85. The minimum Gasteiger partial charge on any atom is -0.481 e. The van der Waals surface area contributed by atoms with Gasteiger partial charge in [-0.25, -0.2) is 4.68 Å². The third-order valence-electron chi connectivity index (χ3n) is 4.00. The van der Waals surface area contributed by atoms with E-state index in [1.165, 1.54) is 0 Å². The lowest BCUT2D eigenvalue weighted by Crippen LogP contribution is -2.22. The molecule has 0 aliphatic heterocycles. The molecule has 0 spiro atoms. The van der Waals surface area contributed by atoms with Crippen LogP contribution >= 0.6 is 0 Å². The lowest BCUT2D eigenvalue weighted by Gasteiger charge is -2.13. The lowest BCUT2D eigenvalue weighted by atomic mass is 10.1. The molecule has 2 aromatic carbocycles. The van der Waals surface area contributed by atoms with Crippen LogP contribution < -0.4 is 5.56 Å². The topological polar surface area (TPSA) is 64.2 Å². The number of carboxylic acids is 1. The highest BCUT2D eigenvalue weighted by Crippen LogP contribution is 2.18. The summed E-state index contributed by atoms with van der Waals surface area (Å²) in [6.07, 6.45) is 0.149. The molecular formula is C19H18N2O3. The lowest BCUT2D eigenvalue weighted by molar-refractivity contribution is -0.136. The summed E-state index contributed by atoms with van der Waals surface area (Å²) in [5.41, 5.74) is 2.72. The zero-order valence-electron chi connectivity index (χ0n) is 13.3. The molecule has 24 heavy (non-hydrogen) atoms. The maximum atomic E-state index is 12.9. The second kappa shape index (κ2) is 6.58. The molecule has 3 aromatic rings. The molecular weight excluding hydrogens is 304 g/mol. The van der Waals surface area contributed by atoms with Crippen LogP contribution in [0.25, 0.3) is 11.4 Å². The minimum absolute atomic E-state index is 0.0658. The van der Waals surface area contributed by atoms with Crippen LogP contribution in [-0.4, -0.2) is 20.4 Å². The van der Waals surface area contributed by atoms with E-state index in [2.05, 4.69) is 0 Å². The summed E-state index contributed by atoms with van der Waals surface area (Å²) in [5, 5.41) is 8.95. The summed E-state index contributed by atoms with van der Waals surface area (Å²) in [6.45, 7) is 1.85. The van der Waals surface area contributed by atoms with Crippen LogP contribution in [0.3, 0.4) is 0 Å². The largest absolute Gasteiger partial charge is 0.481 e. The van der Waals surface area contributed by atoms with Crippen molar-refractivity contribution in [1.82, 2.24) is 9.36 Å². The van der Waals surface area contributed by atoms with Gasteiger partial charge in [-0.05, 0) is 37.6 Å². The summed E-state index contributed by atoms with van der Waals surface area (Å²) < 4.78 is 3.44. The number of carboxylic acid groups (broad SMARTS) is 1. The van der Waals surface area contributed by atoms with Gasteiger partial charge in [0.05, 0.1) is 11.4 Å². The molecule has 1 N–H and O–H groups in total. The Kier molecular flexibility index (Phi) is 4.33. The van der Waals surface area contributed by atoms with Crippen LogP contribution in [0.15, 0.2) is 65.5 Å². The Hall–Kier alpha value is -3.08. The van der Waals surface area contributed by atoms with Gasteiger partial charge in [-0.3, -0.25) is 14.3 Å². The van der Waals surface area contributed by atoms with Crippen LogP contribution in [0.4, 0.5) is 0 Å². The third kappa shape index (κ3) is 2.88. The van der Waals surface area contributed by atoms with Crippen LogP contribution in [0.5, 0.6) is 0 Å². The van der Waals surface area contributed by atoms with E-state index >= 15 is 0 Å². The molecule has 5 nitrogen and oxygen atoms in total. The fraction of sp³-hybridized carbons (Fsp3) is 0.158. The average Bonchev–Trinajstić information content (AvgIpc) is 2.85. The molecule has 0 fully saturated rings. The Morgan fingerprint density at radius 2 is 1.42 bits per heavy atom. The zero-order chi connectivity index (χ0) is 17.1. The van der Waals surface area contributed by atoms with E-state index in [9.17, 15) is 9.59 Å².